The van der Waals surface area contributed by atoms with Crippen LogP contribution in [-0.2, 0) is 0 Å². The highest BCUT2D eigenvalue weighted by atomic mass is 32.1. The Morgan fingerprint density at radius 1 is 1.48 bits per heavy atom. The number of hydrogen-bond acceptors (Lipinski definition) is 4. The molecule has 1 amide bonds. The fraction of sp³-hybridized carbons (Fsp3) is 0.688. The van der Waals surface area contributed by atoms with Crippen molar-refractivity contribution in [2.24, 2.45) is 17.8 Å². The normalized spacial score (nSPS) is 28.6. The van der Waals surface area contributed by atoms with E-state index in [1.807, 2.05) is 13.0 Å². The van der Waals surface area contributed by atoms with Crippen LogP contribution in [0.5, 0.6) is 0 Å². The van der Waals surface area contributed by atoms with Crippen LogP contribution in [0.1, 0.15) is 49.2 Å². The van der Waals surface area contributed by atoms with Gasteiger partial charge in [0.15, 0.2) is 0 Å². The summed E-state index contributed by atoms with van der Waals surface area (Å²) >= 11 is 1.47. The van der Waals surface area contributed by atoms with Gasteiger partial charge < -0.3 is 16.4 Å². The Labute approximate surface area is 130 Å². The molecule has 0 aromatic carbocycles. The zero-order chi connectivity index (χ0) is 15.0. The Morgan fingerprint density at radius 3 is 2.90 bits per heavy atom. The molecule has 4 atom stereocenters. The molecule has 4 unspecified atom stereocenters. The summed E-state index contributed by atoms with van der Waals surface area (Å²) in [6, 6.07) is 2.36. The van der Waals surface area contributed by atoms with Crippen LogP contribution in [0.3, 0.4) is 0 Å². The van der Waals surface area contributed by atoms with Gasteiger partial charge in [-0.05, 0) is 56.9 Å². The van der Waals surface area contributed by atoms with Crippen molar-refractivity contribution in [2.45, 2.75) is 45.6 Å². The molecule has 2 saturated carbocycles. The van der Waals surface area contributed by atoms with Gasteiger partial charge in [-0.1, -0.05) is 6.42 Å². The van der Waals surface area contributed by atoms with Gasteiger partial charge in [0.1, 0.15) is 4.88 Å². The fourth-order valence-corrected chi connectivity index (χ4v) is 5.12. The molecule has 1 aromatic rings. The lowest BCUT2D eigenvalue weighted by molar-refractivity contribution is 0.0960. The molecule has 4 N–H and O–H groups in total. The minimum absolute atomic E-state index is 0.0689. The number of thiophene rings is 1. The molecule has 21 heavy (non-hydrogen) atoms. The highest BCUT2D eigenvalue weighted by Gasteiger charge is 2.41. The largest absolute Gasteiger partial charge is 0.397 e. The van der Waals surface area contributed by atoms with Crippen molar-refractivity contribution in [1.82, 2.24) is 5.32 Å². The fourth-order valence-electron chi connectivity index (χ4n) is 4.13. The SMILES string of the molecule is CCNC(=O)c1sc(NC(C)C2CC3CCC2C3)cc1N. The molecule has 0 radical (unpaired) electrons. The Morgan fingerprint density at radius 2 is 2.29 bits per heavy atom. The van der Waals surface area contributed by atoms with Crippen LogP contribution >= 0.6 is 11.3 Å². The van der Waals surface area contributed by atoms with E-state index in [0.717, 1.165) is 22.8 Å². The number of amides is 1. The molecule has 2 aliphatic carbocycles. The van der Waals surface area contributed by atoms with Crippen molar-refractivity contribution in [2.75, 3.05) is 17.6 Å². The van der Waals surface area contributed by atoms with Gasteiger partial charge in [0.25, 0.3) is 5.91 Å². The lowest BCUT2D eigenvalue weighted by atomic mass is 9.84. The molecule has 0 aliphatic heterocycles. The van der Waals surface area contributed by atoms with E-state index in [1.165, 1.54) is 37.0 Å². The van der Waals surface area contributed by atoms with Crippen LogP contribution in [-0.4, -0.2) is 18.5 Å². The van der Waals surface area contributed by atoms with Gasteiger partial charge in [0, 0.05) is 12.6 Å². The number of nitrogens with one attached hydrogen (secondary N) is 2. The van der Waals surface area contributed by atoms with Gasteiger partial charge in [-0.25, -0.2) is 0 Å². The Kier molecular flexibility index (Phi) is 4.11. The summed E-state index contributed by atoms with van der Waals surface area (Å²) in [5.74, 6) is 2.57. The zero-order valence-electron chi connectivity index (χ0n) is 12.8. The maximum atomic E-state index is 11.9. The average molecular weight is 307 g/mol. The predicted octanol–water partition coefficient (Wildman–Crippen LogP) is 3.32. The van der Waals surface area contributed by atoms with Crippen molar-refractivity contribution in [3.8, 4) is 0 Å². The number of carbonyl (C=O) groups excluding carboxylic acids is 1. The smallest absolute Gasteiger partial charge is 0.263 e. The average Bonchev–Trinajstić information content (AvgIpc) is 3.14. The standard InChI is InChI=1S/C16H25N3OS/c1-3-18-16(20)15-13(17)8-14(21-15)19-9(2)12-7-10-4-5-11(12)6-10/h8-12,19H,3-7,17H2,1-2H3,(H,18,20). The summed E-state index contributed by atoms with van der Waals surface area (Å²) in [6.07, 6.45) is 5.62. The lowest BCUT2D eigenvalue weighted by Crippen LogP contribution is -2.29. The number of carbonyl (C=O) groups is 1. The van der Waals surface area contributed by atoms with Gasteiger partial charge in [0.2, 0.25) is 0 Å². The summed E-state index contributed by atoms with van der Waals surface area (Å²) in [6.45, 7) is 4.81. The van der Waals surface area contributed by atoms with Crippen LogP contribution in [0.2, 0.25) is 0 Å². The van der Waals surface area contributed by atoms with Crippen molar-refractivity contribution < 1.29 is 4.79 Å². The summed E-state index contributed by atoms with van der Waals surface area (Å²) in [7, 11) is 0. The van der Waals surface area contributed by atoms with E-state index in [0.29, 0.717) is 23.2 Å². The lowest BCUT2D eigenvalue weighted by Gasteiger charge is -2.28. The first-order valence-electron chi connectivity index (χ1n) is 8.02. The van der Waals surface area contributed by atoms with Crippen molar-refractivity contribution in [1.29, 1.82) is 0 Å². The highest BCUT2D eigenvalue weighted by Crippen LogP contribution is 2.50. The molecule has 2 bridgehead atoms. The molecular formula is C16H25N3OS. The molecule has 1 aromatic heterocycles. The highest BCUT2D eigenvalue weighted by molar-refractivity contribution is 7.18. The predicted molar refractivity (Wildman–Crippen MR) is 88.8 cm³/mol. The molecule has 116 valence electrons. The van der Waals surface area contributed by atoms with Gasteiger partial charge in [-0.15, -0.1) is 11.3 Å². The Bertz CT molecular complexity index is 528. The number of nitrogens with two attached hydrogens (primary N) is 1. The van der Waals surface area contributed by atoms with E-state index in [2.05, 4.69) is 17.6 Å². The van der Waals surface area contributed by atoms with E-state index >= 15 is 0 Å². The zero-order valence-corrected chi connectivity index (χ0v) is 13.6. The van der Waals surface area contributed by atoms with Crippen LogP contribution < -0.4 is 16.4 Å². The summed E-state index contributed by atoms with van der Waals surface area (Å²) in [4.78, 5) is 12.5. The molecular weight excluding hydrogens is 282 g/mol. The summed E-state index contributed by atoms with van der Waals surface area (Å²) in [5.41, 5.74) is 6.55. The van der Waals surface area contributed by atoms with E-state index < -0.39 is 0 Å². The second-order valence-corrected chi connectivity index (χ2v) is 7.58. The van der Waals surface area contributed by atoms with Gasteiger partial charge >= 0.3 is 0 Å². The van der Waals surface area contributed by atoms with E-state index in [1.54, 1.807) is 0 Å². The first kappa shape index (κ1) is 14.7. The van der Waals surface area contributed by atoms with E-state index in [-0.39, 0.29) is 5.91 Å². The van der Waals surface area contributed by atoms with Crippen molar-refractivity contribution in [3.05, 3.63) is 10.9 Å². The molecule has 0 spiro atoms. The topological polar surface area (TPSA) is 67.2 Å². The maximum Gasteiger partial charge on any atom is 0.263 e. The third-order valence-electron chi connectivity index (χ3n) is 5.11. The quantitative estimate of drug-likeness (QED) is 0.782. The Hall–Kier alpha value is -1.23. The number of hydrogen-bond donors (Lipinski definition) is 3. The minimum Gasteiger partial charge on any atom is -0.397 e. The van der Waals surface area contributed by atoms with Crippen molar-refractivity contribution >= 4 is 27.9 Å². The molecule has 3 rings (SSSR count). The number of nitrogen functional groups attached to an aromatic ring is 1. The monoisotopic (exact) mass is 307 g/mol. The molecule has 1 heterocycles. The summed E-state index contributed by atoms with van der Waals surface area (Å²) in [5, 5.41) is 7.41. The van der Waals surface area contributed by atoms with Gasteiger partial charge in [-0.2, -0.15) is 0 Å². The van der Waals surface area contributed by atoms with Crippen LogP contribution in [0.4, 0.5) is 10.7 Å². The number of rotatable bonds is 5. The molecule has 4 nitrogen and oxygen atoms in total. The van der Waals surface area contributed by atoms with Crippen LogP contribution in [0.15, 0.2) is 6.07 Å². The van der Waals surface area contributed by atoms with Crippen LogP contribution in [0.25, 0.3) is 0 Å². The summed E-state index contributed by atoms with van der Waals surface area (Å²) < 4.78 is 0. The molecule has 2 aliphatic rings. The molecule has 2 fully saturated rings. The first-order valence-corrected chi connectivity index (χ1v) is 8.84. The van der Waals surface area contributed by atoms with E-state index in [9.17, 15) is 4.79 Å². The van der Waals surface area contributed by atoms with E-state index in [4.69, 9.17) is 5.73 Å². The second-order valence-electron chi connectivity index (χ2n) is 6.53. The van der Waals surface area contributed by atoms with Crippen molar-refractivity contribution in [3.63, 3.8) is 0 Å². The molecule has 0 saturated heterocycles. The maximum absolute atomic E-state index is 11.9. The molecule has 5 heteroatoms. The van der Waals surface area contributed by atoms with Gasteiger partial charge in [0.05, 0.1) is 10.7 Å². The second kappa shape index (κ2) is 5.87. The minimum atomic E-state index is -0.0689. The van der Waals surface area contributed by atoms with Gasteiger partial charge in [-0.3, -0.25) is 4.79 Å². The third kappa shape index (κ3) is 2.89. The third-order valence-corrected chi connectivity index (χ3v) is 6.19. The van der Waals surface area contributed by atoms with Crippen LogP contribution in [0, 0.1) is 17.8 Å². The first-order chi connectivity index (χ1) is 10.1. The number of anilines is 2. The Balaban J connectivity index is 1.65. The number of fused-ring (bicyclic) bond motifs is 2.